The lowest BCUT2D eigenvalue weighted by atomic mass is 9.98. The molecule has 5 heteroatoms. The van der Waals surface area contributed by atoms with E-state index in [1.807, 2.05) is 4.90 Å². The summed E-state index contributed by atoms with van der Waals surface area (Å²) in [5.41, 5.74) is 2.55. The van der Waals surface area contributed by atoms with Crippen molar-refractivity contribution < 1.29 is 9.59 Å². The van der Waals surface area contributed by atoms with Crippen molar-refractivity contribution in [3.05, 3.63) is 29.8 Å². The van der Waals surface area contributed by atoms with Crippen LogP contribution in [-0.2, 0) is 9.59 Å². The zero-order valence-corrected chi connectivity index (χ0v) is 16.3. The van der Waals surface area contributed by atoms with Gasteiger partial charge < -0.3 is 15.1 Å². The number of likely N-dealkylation sites (tertiary alicyclic amines) is 1. The summed E-state index contributed by atoms with van der Waals surface area (Å²) in [6.07, 6.45) is 6.80. The summed E-state index contributed by atoms with van der Waals surface area (Å²) in [7, 11) is 0. The molecule has 2 aliphatic heterocycles. The van der Waals surface area contributed by atoms with Gasteiger partial charge in [0.1, 0.15) is 6.04 Å². The molecule has 3 aliphatic rings. The molecule has 1 aromatic carbocycles. The summed E-state index contributed by atoms with van der Waals surface area (Å²) >= 11 is 0. The molecule has 146 valence electrons. The minimum absolute atomic E-state index is 0.0673. The summed E-state index contributed by atoms with van der Waals surface area (Å²) < 4.78 is 0. The fourth-order valence-electron chi connectivity index (χ4n) is 4.44. The second-order valence-electron chi connectivity index (χ2n) is 8.43. The first-order valence-corrected chi connectivity index (χ1v) is 10.5. The minimum Gasteiger partial charge on any atom is -0.371 e. The summed E-state index contributed by atoms with van der Waals surface area (Å²) in [5, 5.41) is 3.26. The summed E-state index contributed by atoms with van der Waals surface area (Å²) in [4.78, 5) is 29.7. The topological polar surface area (TPSA) is 52.7 Å². The third-order valence-corrected chi connectivity index (χ3v) is 6.22. The lowest BCUT2D eigenvalue weighted by Gasteiger charge is -2.38. The maximum atomic E-state index is 12.9. The third-order valence-electron chi connectivity index (χ3n) is 6.22. The van der Waals surface area contributed by atoms with Crippen LogP contribution in [0.2, 0.25) is 0 Å². The van der Waals surface area contributed by atoms with E-state index in [0.717, 1.165) is 64.6 Å². The molecule has 1 N–H and O–H groups in total. The van der Waals surface area contributed by atoms with Crippen LogP contribution in [0.3, 0.4) is 0 Å². The Kier molecular flexibility index (Phi) is 5.37. The third kappa shape index (κ3) is 4.28. The zero-order chi connectivity index (χ0) is 18.8. The van der Waals surface area contributed by atoms with E-state index in [2.05, 4.69) is 41.4 Å². The maximum absolute atomic E-state index is 12.9. The molecule has 1 saturated carbocycles. The molecule has 0 aromatic heterocycles. The Morgan fingerprint density at radius 3 is 2.48 bits per heavy atom. The van der Waals surface area contributed by atoms with Gasteiger partial charge in [-0.2, -0.15) is 0 Å². The average molecular weight is 370 g/mol. The molecule has 0 spiro atoms. The molecule has 4 rings (SSSR count). The Morgan fingerprint density at radius 2 is 1.78 bits per heavy atom. The second kappa shape index (κ2) is 7.91. The first-order valence-electron chi connectivity index (χ1n) is 10.5. The second-order valence-corrected chi connectivity index (χ2v) is 8.43. The van der Waals surface area contributed by atoms with Crippen LogP contribution in [0.4, 0.5) is 5.69 Å². The molecule has 3 fully saturated rings. The van der Waals surface area contributed by atoms with Gasteiger partial charge in [0, 0.05) is 37.3 Å². The highest BCUT2D eigenvalue weighted by atomic mass is 16.2. The molecule has 1 aliphatic carbocycles. The highest BCUT2D eigenvalue weighted by Gasteiger charge is 2.40. The van der Waals surface area contributed by atoms with Gasteiger partial charge in [-0.05, 0) is 69.6 Å². The van der Waals surface area contributed by atoms with Crippen LogP contribution in [0.5, 0.6) is 0 Å². The maximum Gasteiger partial charge on any atom is 0.243 e. The quantitative estimate of drug-likeness (QED) is 0.888. The van der Waals surface area contributed by atoms with E-state index in [9.17, 15) is 9.59 Å². The smallest absolute Gasteiger partial charge is 0.243 e. The molecular weight excluding hydrogens is 338 g/mol. The van der Waals surface area contributed by atoms with Crippen LogP contribution in [0.1, 0.15) is 50.5 Å². The van der Waals surface area contributed by atoms with E-state index in [-0.39, 0.29) is 29.8 Å². The van der Waals surface area contributed by atoms with Crippen molar-refractivity contribution in [1.82, 2.24) is 10.2 Å². The van der Waals surface area contributed by atoms with E-state index in [1.165, 1.54) is 11.3 Å². The van der Waals surface area contributed by atoms with E-state index in [4.69, 9.17) is 0 Å². The number of nitrogens with zero attached hydrogens (tertiary/aromatic N) is 2. The normalized spacial score (nSPS) is 24.0. The van der Waals surface area contributed by atoms with Crippen LogP contribution in [0.25, 0.3) is 0 Å². The van der Waals surface area contributed by atoms with Crippen molar-refractivity contribution in [3.8, 4) is 0 Å². The van der Waals surface area contributed by atoms with Crippen molar-refractivity contribution in [3.63, 3.8) is 0 Å². The van der Waals surface area contributed by atoms with Gasteiger partial charge in [-0.15, -0.1) is 0 Å². The van der Waals surface area contributed by atoms with Gasteiger partial charge in [0.2, 0.25) is 11.8 Å². The molecule has 0 bridgehead atoms. The predicted octanol–water partition coefficient (Wildman–Crippen LogP) is 2.87. The van der Waals surface area contributed by atoms with Crippen molar-refractivity contribution in [2.24, 2.45) is 5.92 Å². The highest BCUT2D eigenvalue weighted by molar-refractivity contribution is 5.89. The number of piperidine rings is 2. The number of aryl methyl sites for hydroxylation is 1. The first-order chi connectivity index (χ1) is 13.1. The first kappa shape index (κ1) is 18.3. The van der Waals surface area contributed by atoms with Crippen LogP contribution in [0, 0.1) is 12.8 Å². The average Bonchev–Trinajstić information content (AvgIpc) is 3.53. The molecule has 0 unspecified atom stereocenters. The van der Waals surface area contributed by atoms with Crippen LogP contribution in [-0.4, -0.2) is 48.4 Å². The number of benzene rings is 1. The van der Waals surface area contributed by atoms with Crippen molar-refractivity contribution in [2.75, 3.05) is 24.5 Å². The van der Waals surface area contributed by atoms with Gasteiger partial charge in [0.05, 0.1) is 0 Å². The van der Waals surface area contributed by atoms with E-state index < -0.39 is 0 Å². The van der Waals surface area contributed by atoms with Crippen LogP contribution in [0.15, 0.2) is 24.3 Å². The van der Waals surface area contributed by atoms with Gasteiger partial charge in [-0.1, -0.05) is 12.1 Å². The van der Waals surface area contributed by atoms with Crippen LogP contribution < -0.4 is 10.2 Å². The fourth-order valence-corrected chi connectivity index (χ4v) is 4.44. The van der Waals surface area contributed by atoms with Gasteiger partial charge in [0.25, 0.3) is 0 Å². The van der Waals surface area contributed by atoms with Gasteiger partial charge in [0.15, 0.2) is 0 Å². The molecule has 5 nitrogen and oxygen atoms in total. The Hall–Kier alpha value is -2.04. The predicted molar refractivity (Wildman–Crippen MR) is 107 cm³/mol. The van der Waals surface area contributed by atoms with E-state index in [1.54, 1.807) is 0 Å². The minimum atomic E-state index is -0.248. The standard InChI is InChI=1S/C22H31N3O2/c1-16-5-4-6-19(15-16)24-13-10-18(11-14-24)23-21(26)20-7-2-3-12-25(20)22(27)17-8-9-17/h4-6,15,17-18,20H,2-3,7-14H2,1H3,(H,23,26)/t20-/m0/s1. The number of nitrogens with one attached hydrogen (secondary N) is 1. The molecule has 2 saturated heterocycles. The van der Waals surface area contributed by atoms with Crippen molar-refractivity contribution in [1.29, 1.82) is 0 Å². The van der Waals surface area contributed by atoms with Gasteiger partial charge in [-0.3, -0.25) is 9.59 Å². The lowest BCUT2D eigenvalue weighted by Crippen LogP contribution is -2.55. The molecular formula is C22H31N3O2. The number of carbonyl (C=O) groups is 2. The molecule has 2 heterocycles. The summed E-state index contributed by atoms with van der Waals surface area (Å²) in [6.45, 7) is 4.79. The molecule has 0 radical (unpaired) electrons. The Balaban J connectivity index is 1.31. The zero-order valence-electron chi connectivity index (χ0n) is 16.3. The summed E-state index contributed by atoms with van der Waals surface area (Å²) in [6, 6.07) is 8.58. The van der Waals surface area contributed by atoms with Gasteiger partial charge >= 0.3 is 0 Å². The lowest BCUT2D eigenvalue weighted by molar-refractivity contribution is -0.143. The van der Waals surface area contributed by atoms with Crippen LogP contribution >= 0.6 is 0 Å². The number of carbonyl (C=O) groups excluding carboxylic acids is 2. The SMILES string of the molecule is Cc1cccc(N2CCC(NC(=O)[C@@H]3CCCCN3C(=O)C3CC3)CC2)c1. The van der Waals surface area contributed by atoms with Crippen molar-refractivity contribution >= 4 is 17.5 Å². The Labute approximate surface area is 162 Å². The van der Waals surface area contributed by atoms with Crippen molar-refractivity contribution in [2.45, 2.75) is 64.0 Å². The van der Waals surface area contributed by atoms with E-state index >= 15 is 0 Å². The number of hydrogen-bond acceptors (Lipinski definition) is 3. The fraction of sp³-hybridized carbons (Fsp3) is 0.636. The number of anilines is 1. The molecule has 2 amide bonds. The largest absolute Gasteiger partial charge is 0.371 e. The molecule has 1 aromatic rings. The highest BCUT2D eigenvalue weighted by Crippen LogP contribution is 2.33. The number of rotatable bonds is 4. The number of amides is 2. The van der Waals surface area contributed by atoms with Gasteiger partial charge in [-0.25, -0.2) is 0 Å². The Bertz CT molecular complexity index is 693. The summed E-state index contributed by atoms with van der Waals surface area (Å²) in [5.74, 6) is 0.470. The monoisotopic (exact) mass is 369 g/mol. The molecule has 27 heavy (non-hydrogen) atoms. The molecule has 1 atom stereocenters. The Morgan fingerprint density at radius 1 is 1.00 bits per heavy atom. The van der Waals surface area contributed by atoms with E-state index in [0.29, 0.717) is 0 Å². The number of hydrogen-bond donors (Lipinski definition) is 1.